The summed E-state index contributed by atoms with van der Waals surface area (Å²) in [5, 5.41) is 1.43. The highest BCUT2D eigenvalue weighted by molar-refractivity contribution is 5.78. The van der Waals surface area contributed by atoms with E-state index in [9.17, 15) is 4.79 Å². The molecular weight excluding hydrogens is 168 g/mol. The van der Waals surface area contributed by atoms with E-state index < -0.39 is 0 Å². The van der Waals surface area contributed by atoms with Gasteiger partial charge in [-0.15, -0.1) is 0 Å². The fourth-order valence-corrected chi connectivity index (χ4v) is 1.92. The maximum absolute atomic E-state index is 11.5. The van der Waals surface area contributed by atoms with Crippen LogP contribution in [-0.2, 0) is 9.63 Å². The summed E-state index contributed by atoms with van der Waals surface area (Å²) in [6.45, 7) is 3.01. The van der Waals surface area contributed by atoms with Crippen LogP contribution in [0, 0.1) is 5.92 Å². The summed E-state index contributed by atoms with van der Waals surface area (Å²) < 4.78 is 0. The van der Waals surface area contributed by atoms with Crippen molar-refractivity contribution in [3.63, 3.8) is 0 Å². The molecule has 1 saturated carbocycles. The zero-order valence-corrected chi connectivity index (χ0v) is 7.95. The third-order valence-corrected chi connectivity index (χ3v) is 2.87. The van der Waals surface area contributed by atoms with Gasteiger partial charge in [0.1, 0.15) is 5.60 Å². The van der Waals surface area contributed by atoms with Crippen LogP contribution in [0.1, 0.15) is 26.2 Å². The van der Waals surface area contributed by atoms with E-state index in [4.69, 9.17) is 10.6 Å². The second-order valence-corrected chi connectivity index (χ2v) is 4.14. The fraction of sp³-hybridized carbons (Fsp3) is 0.889. The average Bonchev–Trinajstić information content (AvgIpc) is 2.82. The van der Waals surface area contributed by atoms with Gasteiger partial charge in [-0.3, -0.25) is 9.63 Å². The van der Waals surface area contributed by atoms with Gasteiger partial charge in [-0.25, -0.2) is 5.06 Å². The third kappa shape index (κ3) is 1.56. The lowest BCUT2D eigenvalue weighted by atomic mass is 9.97. The van der Waals surface area contributed by atoms with Crippen LogP contribution in [-0.4, -0.2) is 29.7 Å². The van der Waals surface area contributed by atoms with Gasteiger partial charge in [-0.1, -0.05) is 0 Å². The predicted octanol–water partition coefficient (Wildman–Crippen LogP) is 0.278. The lowest BCUT2D eigenvalue weighted by Gasteiger charge is -2.23. The smallest absolute Gasteiger partial charge is 0.249 e. The van der Waals surface area contributed by atoms with Crippen molar-refractivity contribution in [2.24, 2.45) is 11.7 Å². The molecule has 0 spiro atoms. The van der Waals surface area contributed by atoms with Crippen LogP contribution in [0.3, 0.4) is 0 Å². The molecule has 2 fully saturated rings. The van der Waals surface area contributed by atoms with E-state index in [1.165, 1.54) is 17.9 Å². The van der Waals surface area contributed by atoms with Crippen molar-refractivity contribution in [1.29, 1.82) is 0 Å². The van der Waals surface area contributed by atoms with Crippen molar-refractivity contribution in [3.8, 4) is 0 Å². The van der Waals surface area contributed by atoms with Crippen molar-refractivity contribution in [3.05, 3.63) is 0 Å². The van der Waals surface area contributed by atoms with Crippen molar-refractivity contribution < 1.29 is 9.63 Å². The van der Waals surface area contributed by atoms with Crippen molar-refractivity contribution in [1.82, 2.24) is 5.06 Å². The van der Waals surface area contributed by atoms with Gasteiger partial charge in [0.25, 0.3) is 0 Å². The van der Waals surface area contributed by atoms with Gasteiger partial charge in [-0.05, 0) is 25.7 Å². The monoisotopic (exact) mass is 184 g/mol. The number of hydrogen-bond donors (Lipinski definition) is 1. The van der Waals surface area contributed by atoms with Crippen LogP contribution in [0.5, 0.6) is 0 Å². The molecule has 0 aromatic heterocycles. The summed E-state index contributed by atoms with van der Waals surface area (Å²) in [7, 11) is 0. The van der Waals surface area contributed by atoms with Crippen LogP contribution in [0.15, 0.2) is 0 Å². The highest BCUT2D eigenvalue weighted by Crippen LogP contribution is 2.46. The van der Waals surface area contributed by atoms with E-state index in [-0.39, 0.29) is 11.5 Å². The standard InChI is InChI=1S/C9H16N2O2/c1-9(7-2-3-7)6-8(12)11(13-9)5-4-10/h7H,2-6,10H2,1H3. The fourth-order valence-electron chi connectivity index (χ4n) is 1.92. The Morgan fingerprint density at radius 3 is 2.92 bits per heavy atom. The van der Waals surface area contributed by atoms with Gasteiger partial charge < -0.3 is 5.73 Å². The van der Waals surface area contributed by atoms with Crippen LogP contribution < -0.4 is 5.73 Å². The van der Waals surface area contributed by atoms with E-state index in [2.05, 4.69) is 0 Å². The van der Waals surface area contributed by atoms with Gasteiger partial charge >= 0.3 is 0 Å². The topological polar surface area (TPSA) is 55.6 Å². The van der Waals surface area contributed by atoms with Crippen molar-refractivity contribution in [2.75, 3.05) is 13.1 Å². The molecule has 13 heavy (non-hydrogen) atoms. The minimum Gasteiger partial charge on any atom is -0.329 e. The summed E-state index contributed by atoms with van der Waals surface area (Å²) in [5.74, 6) is 0.666. The number of carbonyl (C=O) groups excluding carboxylic acids is 1. The number of nitrogens with zero attached hydrogens (tertiary/aromatic N) is 1. The Balaban J connectivity index is 2.00. The lowest BCUT2D eigenvalue weighted by molar-refractivity contribution is -0.199. The lowest BCUT2D eigenvalue weighted by Crippen LogP contribution is -2.32. The summed E-state index contributed by atoms with van der Waals surface area (Å²) >= 11 is 0. The molecule has 1 amide bonds. The van der Waals surface area contributed by atoms with Crippen molar-refractivity contribution >= 4 is 5.91 Å². The van der Waals surface area contributed by atoms with Gasteiger partial charge in [0, 0.05) is 6.54 Å². The zero-order valence-electron chi connectivity index (χ0n) is 7.95. The molecule has 1 saturated heterocycles. The minimum atomic E-state index is -0.230. The largest absolute Gasteiger partial charge is 0.329 e. The van der Waals surface area contributed by atoms with E-state index >= 15 is 0 Å². The molecule has 1 atom stereocenters. The van der Waals surface area contributed by atoms with Gasteiger partial charge in [0.15, 0.2) is 0 Å². The number of carbonyl (C=O) groups is 1. The highest BCUT2D eigenvalue weighted by Gasteiger charge is 2.50. The van der Waals surface area contributed by atoms with Crippen LogP contribution >= 0.6 is 0 Å². The molecule has 0 radical (unpaired) electrons. The van der Waals surface area contributed by atoms with Gasteiger partial charge in [0.05, 0.1) is 13.0 Å². The molecular formula is C9H16N2O2. The molecule has 74 valence electrons. The maximum atomic E-state index is 11.5. The van der Waals surface area contributed by atoms with E-state index in [1.54, 1.807) is 0 Å². The number of hydroxylamine groups is 2. The SMILES string of the molecule is CC1(C2CC2)CC(=O)N(CCN)O1. The van der Waals surface area contributed by atoms with Gasteiger partial charge in [0.2, 0.25) is 5.91 Å². The first-order valence-corrected chi connectivity index (χ1v) is 4.85. The van der Waals surface area contributed by atoms with E-state index in [0.717, 1.165) is 0 Å². The second-order valence-electron chi connectivity index (χ2n) is 4.14. The average molecular weight is 184 g/mol. The maximum Gasteiger partial charge on any atom is 0.249 e. The summed E-state index contributed by atoms with van der Waals surface area (Å²) in [6, 6.07) is 0. The third-order valence-electron chi connectivity index (χ3n) is 2.87. The highest BCUT2D eigenvalue weighted by atomic mass is 16.7. The molecule has 0 aromatic carbocycles. The molecule has 2 N–H and O–H groups in total. The van der Waals surface area contributed by atoms with Crippen molar-refractivity contribution in [2.45, 2.75) is 31.8 Å². The molecule has 2 aliphatic rings. The molecule has 4 nitrogen and oxygen atoms in total. The zero-order chi connectivity index (χ0) is 9.47. The Bertz CT molecular complexity index is 228. The Kier molecular flexibility index (Phi) is 2.04. The second kappa shape index (κ2) is 2.96. The predicted molar refractivity (Wildman–Crippen MR) is 47.6 cm³/mol. The van der Waals surface area contributed by atoms with Crippen LogP contribution in [0.2, 0.25) is 0 Å². The minimum absolute atomic E-state index is 0.0832. The molecule has 2 rings (SSSR count). The molecule has 0 aromatic rings. The van der Waals surface area contributed by atoms with E-state index in [0.29, 0.717) is 25.4 Å². The van der Waals surface area contributed by atoms with E-state index in [1.807, 2.05) is 6.92 Å². The summed E-state index contributed by atoms with van der Waals surface area (Å²) in [5.41, 5.74) is 5.15. The number of amides is 1. The Morgan fingerprint density at radius 2 is 2.38 bits per heavy atom. The number of nitrogens with two attached hydrogens (primary N) is 1. The Labute approximate surface area is 78.0 Å². The summed E-state index contributed by atoms with van der Waals surface area (Å²) in [6.07, 6.45) is 2.91. The van der Waals surface area contributed by atoms with Crippen LogP contribution in [0.4, 0.5) is 0 Å². The number of rotatable bonds is 3. The molecule has 1 unspecified atom stereocenters. The van der Waals surface area contributed by atoms with Crippen LogP contribution in [0.25, 0.3) is 0 Å². The molecule has 1 aliphatic heterocycles. The first-order valence-electron chi connectivity index (χ1n) is 4.85. The molecule has 4 heteroatoms. The first kappa shape index (κ1) is 8.97. The normalized spacial score (nSPS) is 34.3. The quantitative estimate of drug-likeness (QED) is 0.685. The molecule has 1 heterocycles. The molecule has 0 bridgehead atoms. The molecule has 1 aliphatic carbocycles. The Morgan fingerprint density at radius 1 is 1.69 bits per heavy atom. The number of hydrogen-bond acceptors (Lipinski definition) is 3. The summed E-state index contributed by atoms with van der Waals surface area (Å²) in [4.78, 5) is 17.1. The first-order chi connectivity index (χ1) is 6.15. The Hall–Kier alpha value is -0.610. The van der Waals surface area contributed by atoms with Gasteiger partial charge in [-0.2, -0.15) is 0 Å².